The minimum Gasteiger partial charge on any atom is -0.460 e. The maximum absolute atomic E-state index is 13.2. The Hall–Kier alpha value is -3.49. The van der Waals surface area contributed by atoms with Crippen LogP contribution in [0.2, 0.25) is 0 Å². The highest BCUT2D eigenvalue weighted by atomic mass is 32.2. The summed E-state index contributed by atoms with van der Waals surface area (Å²) >= 11 is 0. The fraction of sp³-hybridized carbons (Fsp3) is 0.231. The van der Waals surface area contributed by atoms with Crippen molar-refractivity contribution in [2.45, 2.75) is 36.8 Å². The van der Waals surface area contributed by atoms with Crippen LogP contribution in [0.4, 0.5) is 0 Å². The first-order valence-electron chi connectivity index (χ1n) is 11.1. The Kier molecular flexibility index (Phi) is 5.93. The first-order chi connectivity index (χ1) is 16.4. The van der Waals surface area contributed by atoms with Gasteiger partial charge in [0.05, 0.1) is 4.90 Å². The number of benzene rings is 3. The van der Waals surface area contributed by atoms with Crippen molar-refractivity contribution in [2.75, 3.05) is 6.54 Å². The lowest BCUT2D eigenvalue weighted by Gasteiger charge is -2.33. The molecule has 2 heterocycles. The van der Waals surface area contributed by atoms with E-state index in [0.29, 0.717) is 29.4 Å². The van der Waals surface area contributed by atoms with E-state index in [0.717, 1.165) is 17.2 Å². The van der Waals surface area contributed by atoms with E-state index >= 15 is 0 Å². The number of carbonyl (C=O) groups is 1. The molecule has 4 aromatic rings. The number of carbonyl (C=O) groups excluding carboxylic acids is 1. The summed E-state index contributed by atoms with van der Waals surface area (Å²) in [6.07, 6.45) is 1.78. The highest BCUT2D eigenvalue weighted by Crippen LogP contribution is 2.29. The molecule has 1 atom stereocenters. The normalized spacial score (nSPS) is 17.1. The van der Waals surface area contributed by atoms with Gasteiger partial charge < -0.3 is 9.15 Å². The molecule has 0 aliphatic carbocycles. The summed E-state index contributed by atoms with van der Waals surface area (Å²) in [5.41, 5.74) is 0.382. The largest absolute Gasteiger partial charge is 0.460 e. The molecule has 8 heteroatoms. The van der Waals surface area contributed by atoms with Crippen LogP contribution in [-0.2, 0) is 26.2 Å². The second-order valence-corrected chi connectivity index (χ2v) is 10.2. The molecule has 0 bridgehead atoms. The summed E-state index contributed by atoms with van der Waals surface area (Å²) in [6, 6.07) is 19.7. The molecular formula is C26H23NO6S. The molecule has 0 radical (unpaired) electrons. The van der Waals surface area contributed by atoms with Crippen molar-refractivity contribution in [1.29, 1.82) is 0 Å². The summed E-state index contributed by atoms with van der Waals surface area (Å²) in [5, 5.41) is 2.53. The van der Waals surface area contributed by atoms with Crippen LogP contribution in [0, 0.1) is 0 Å². The van der Waals surface area contributed by atoms with Crippen LogP contribution < -0.4 is 5.63 Å². The molecule has 1 fully saturated rings. The number of nitrogens with zero attached hydrogens (tertiary/aromatic N) is 1. The van der Waals surface area contributed by atoms with Gasteiger partial charge in [-0.3, -0.25) is 4.79 Å². The second kappa shape index (κ2) is 9.04. The highest BCUT2D eigenvalue weighted by molar-refractivity contribution is 7.89. The van der Waals surface area contributed by atoms with Gasteiger partial charge in [-0.05, 0) is 48.2 Å². The molecule has 3 aromatic carbocycles. The number of esters is 1. The number of fused-ring (bicyclic) bond motifs is 3. The number of ether oxygens (including phenoxy) is 1. The Labute approximate surface area is 196 Å². The minimum absolute atomic E-state index is 0.146. The molecule has 5 rings (SSSR count). The number of hydrogen-bond donors (Lipinski definition) is 0. The average molecular weight is 478 g/mol. The SMILES string of the molecule is O=C(OCc1cc(=O)oc2ccc3ccccc3c12)C1CCCCN1S(=O)(=O)c1ccccc1. The molecule has 1 aliphatic rings. The minimum atomic E-state index is -3.84. The van der Waals surface area contributed by atoms with E-state index in [4.69, 9.17) is 9.15 Å². The van der Waals surface area contributed by atoms with Crippen molar-refractivity contribution < 1.29 is 22.4 Å². The first-order valence-corrected chi connectivity index (χ1v) is 12.6. The third-order valence-electron chi connectivity index (χ3n) is 6.16. The van der Waals surface area contributed by atoms with Crippen LogP contribution in [0.1, 0.15) is 24.8 Å². The zero-order chi connectivity index (χ0) is 23.7. The molecule has 0 saturated carbocycles. The summed E-state index contributed by atoms with van der Waals surface area (Å²) in [7, 11) is -3.84. The van der Waals surface area contributed by atoms with Crippen LogP contribution in [0.5, 0.6) is 0 Å². The van der Waals surface area contributed by atoms with E-state index in [1.165, 1.54) is 22.5 Å². The number of hydrogen-bond acceptors (Lipinski definition) is 6. The topological polar surface area (TPSA) is 93.9 Å². The summed E-state index contributed by atoms with van der Waals surface area (Å²) in [5.74, 6) is -0.624. The van der Waals surface area contributed by atoms with Gasteiger partial charge in [0, 0.05) is 23.6 Å². The summed E-state index contributed by atoms with van der Waals surface area (Å²) in [4.78, 5) is 25.4. The van der Waals surface area contributed by atoms with Gasteiger partial charge in [-0.25, -0.2) is 13.2 Å². The molecule has 0 N–H and O–H groups in total. The monoisotopic (exact) mass is 477 g/mol. The average Bonchev–Trinajstić information content (AvgIpc) is 2.87. The molecule has 1 aliphatic heterocycles. The second-order valence-electron chi connectivity index (χ2n) is 8.30. The van der Waals surface area contributed by atoms with E-state index < -0.39 is 27.7 Å². The van der Waals surface area contributed by atoms with Crippen molar-refractivity contribution in [3.63, 3.8) is 0 Å². The predicted octanol–water partition coefficient (Wildman–Crippen LogP) is 4.23. The van der Waals surface area contributed by atoms with Crippen molar-refractivity contribution in [3.05, 3.63) is 88.8 Å². The number of piperidine rings is 1. The quantitative estimate of drug-likeness (QED) is 0.243. The van der Waals surface area contributed by atoms with E-state index in [2.05, 4.69) is 0 Å². The van der Waals surface area contributed by atoms with E-state index in [9.17, 15) is 18.0 Å². The Bertz CT molecular complexity index is 1530. The molecule has 1 saturated heterocycles. The third kappa shape index (κ3) is 4.10. The fourth-order valence-electron chi connectivity index (χ4n) is 4.54. The van der Waals surface area contributed by atoms with Crippen molar-refractivity contribution >= 4 is 37.7 Å². The van der Waals surface area contributed by atoms with Crippen LogP contribution in [-0.4, -0.2) is 31.3 Å². The number of sulfonamides is 1. The maximum atomic E-state index is 13.2. The lowest BCUT2D eigenvalue weighted by Crippen LogP contribution is -2.48. The first kappa shape index (κ1) is 22.3. The summed E-state index contributed by atoms with van der Waals surface area (Å²) in [6.45, 7) is 0.0875. The molecular weight excluding hydrogens is 454 g/mol. The molecule has 1 aromatic heterocycles. The van der Waals surface area contributed by atoms with Crippen LogP contribution in [0.3, 0.4) is 0 Å². The zero-order valence-electron chi connectivity index (χ0n) is 18.3. The van der Waals surface area contributed by atoms with Gasteiger partial charge in [0.2, 0.25) is 10.0 Å². The fourth-order valence-corrected chi connectivity index (χ4v) is 6.20. The lowest BCUT2D eigenvalue weighted by molar-refractivity contribution is -0.150. The van der Waals surface area contributed by atoms with Crippen molar-refractivity contribution in [2.24, 2.45) is 0 Å². The predicted molar refractivity (Wildman–Crippen MR) is 128 cm³/mol. The standard InChI is InChI=1S/C26H23NO6S/c28-24-16-19(25-21-11-5-4-8-18(21)13-14-23(25)33-24)17-32-26(29)22-12-6-7-15-27(22)34(30,31)20-9-2-1-3-10-20/h1-5,8-11,13-14,16,22H,6-7,12,15,17H2. The highest BCUT2D eigenvalue weighted by Gasteiger charge is 2.38. The van der Waals surface area contributed by atoms with Gasteiger partial charge in [0.1, 0.15) is 18.2 Å². The zero-order valence-corrected chi connectivity index (χ0v) is 19.2. The molecule has 0 spiro atoms. The third-order valence-corrected chi connectivity index (χ3v) is 8.08. The van der Waals surface area contributed by atoms with Gasteiger partial charge >= 0.3 is 11.6 Å². The van der Waals surface area contributed by atoms with E-state index in [-0.39, 0.29) is 18.0 Å². The van der Waals surface area contributed by atoms with Gasteiger partial charge in [0.15, 0.2) is 0 Å². The van der Waals surface area contributed by atoms with Gasteiger partial charge in [-0.1, -0.05) is 48.5 Å². The van der Waals surface area contributed by atoms with Crippen molar-refractivity contribution in [3.8, 4) is 0 Å². The van der Waals surface area contributed by atoms with Gasteiger partial charge in [-0.2, -0.15) is 4.31 Å². The smallest absolute Gasteiger partial charge is 0.336 e. The van der Waals surface area contributed by atoms with Crippen LogP contribution >= 0.6 is 0 Å². The maximum Gasteiger partial charge on any atom is 0.336 e. The summed E-state index contributed by atoms with van der Waals surface area (Å²) < 4.78 is 38.6. The molecule has 0 amide bonds. The van der Waals surface area contributed by atoms with E-state index in [1.807, 2.05) is 30.3 Å². The molecule has 1 unspecified atom stereocenters. The Morgan fingerprint density at radius 3 is 2.59 bits per heavy atom. The van der Waals surface area contributed by atoms with E-state index in [1.54, 1.807) is 24.3 Å². The molecule has 34 heavy (non-hydrogen) atoms. The van der Waals surface area contributed by atoms with Crippen molar-refractivity contribution in [1.82, 2.24) is 4.31 Å². The van der Waals surface area contributed by atoms with Crippen LogP contribution in [0.25, 0.3) is 21.7 Å². The van der Waals surface area contributed by atoms with Crippen LogP contribution in [0.15, 0.2) is 86.9 Å². The Morgan fingerprint density at radius 2 is 1.76 bits per heavy atom. The van der Waals surface area contributed by atoms with Gasteiger partial charge in [-0.15, -0.1) is 0 Å². The number of rotatable bonds is 5. The Morgan fingerprint density at radius 1 is 1.00 bits per heavy atom. The molecule has 7 nitrogen and oxygen atoms in total. The Balaban J connectivity index is 1.45. The molecule has 174 valence electrons. The van der Waals surface area contributed by atoms with Gasteiger partial charge in [0.25, 0.3) is 0 Å². The lowest BCUT2D eigenvalue weighted by atomic mass is 10.0.